The van der Waals surface area contributed by atoms with Crippen LogP contribution in [0.15, 0.2) is 41.8 Å². The van der Waals surface area contributed by atoms with E-state index < -0.39 is 0 Å². The number of nitrogens with one attached hydrogen (secondary N) is 1. The van der Waals surface area contributed by atoms with E-state index in [1.807, 2.05) is 31.4 Å². The number of hydrogen-bond donors (Lipinski definition) is 1. The molecule has 1 saturated heterocycles. The molecule has 0 amide bonds. The van der Waals surface area contributed by atoms with Crippen molar-refractivity contribution < 1.29 is 4.74 Å². The molecule has 8 nitrogen and oxygen atoms in total. The summed E-state index contributed by atoms with van der Waals surface area (Å²) in [4.78, 5) is 22.1. The van der Waals surface area contributed by atoms with Crippen LogP contribution in [0.5, 0.6) is 5.88 Å². The second-order valence-corrected chi connectivity index (χ2v) is 7.80. The number of piperazine rings is 1. The lowest BCUT2D eigenvalue weighted by Crippen LogP contribution is -2.52. The van der Waals surface area contributed by atoms with Gasteiger partial charge in [-0.1, -0.05) is 6.42 Å². The van der Waals surface area contributed by atoms with Gasteiger partial charge in [-0.3, -0.25) is 4.99 Å². The first-order valence-corrected chi connectivity index (χ1v) is 10.9. The molecule has 4 rings (SSSR count). The third-order valence-electron chi connectivity index (χ3n) is 5.72. The number of pyridine rings is 1. The third kappa shape index (κ3) is 5.37. The minimum Gasteiger partial charge on any atom is -0.474 e. The molecule has 30 heavy (non-hydrogen) atoms. The van der Waals surface area contributed by atoms with E-state index >= 15 is 0 Å². The van der Waals surface area contributed by atoms with Crippen molar-refractivity contribution in [1.82, 2.24) is 25.2 Å². The Hall–Kier alpha value is -2.90. The fourth-order valence-corrected chi connectivity index (χ4v) is 4.06. The summed E-state index contributed by atoms with van der Waals surface area (Å²) in [6, 6.07) is 5.91. The monoisotopic (exact) mass is 409 g/mol. The van der Waals surface area contributed by atoms with Gasteiger partial charge in [-0.05, 0) is 43.4 Å². The molecule has 0 aromatic carbocycles. The van der Waals surface area contributed by atoms with Crippen LogP contribution in [0.25, 0.3) is 0 Å². The molecule has 3 heterocycles. The molecular weight excluding hydrogens is 378 g/mol. The zero-order chi connectivity index (χ0) is 20.6. The Kier molecular flexibility index (Phi) is 6.95. The molecule has 2 fully saturated rings. The quantitative estimate of drug-likeness (QED) is 0.600. The zero-order valence-electron chi connectivity index (χ0n) is 17.7. The summed E-state index contributed by atoms with van der Waals surface area (Å²) in [7, 11) is 1.83. The van der Waals surface area contributed by atoms with Gasteiger partial charge in [-0.15, -0.1) is 0 Å². The van der Waals surface area contributed by atoms with Crippen molar-refractivity contribution in [1.29, 1.82) is 0 Å². The fraction of sp³-hybridized carbons (Fsp3) is 0.545. The predicted octanol–water partition coefficient (Wildman–Crippen LogP) is 2.48. The average Bonchev–Trinajstić information content (AvgIpc) is 2.81. The Morgan fingerprint density at radius 3 is 2.57 bits per heavy atom. The van der Waals surface area contributed by atoms with Crippen LogP contribution in [0.4, 0.5) is 5.95 Å². The van der Waals surface area contributed by atoms with Crippen LogP contribution >= 0.6 is 0 Å². The van der Waals surface area contributed by atoms with Gasteiger partial charge < -0.3 is 19.9 Å². The largest absolute Gasteiger partial charge is 0.474 e. The first-order chi connectivity index (χ1) is 14.8. The number of hydrogen-bond acceptors (Lipinski definition) is 6. The number of guanidine groups is 1. The Labute approximate surface area is 178 Å². The van der Waals surface area contributed by atoms with Crippen molar-refractivity contribution in [2.75, 3.05) is 38.1 Å². The molecule has 1 saturated carbocycles. The number of ether oxygens (including phenoxy) is 1. The first-order valence-electron chi connectivity index (χ1n) is 10.9. The van der Waals surface area contributed by atoms with Crippen molar-refractivity contribution in [3.8, 4) is 5.88 Å². The van der Waals surface area contributed by atoms with Gasteiger partial charge in [0.2, 0.25) is 11.8 Å². The van der Waals surface area contributed by atoms with Gasteiger partial charge in [0.05, 0.1) is 0 Å². The molecule has 0 atom stereocenters. The van der Waals surface area contributed by atoms with Crippen molar-refractivity contribution in [3.63, 3.8) is 0 Å². The lowest BCUT2D eigenvalue weighted by atomic mass is 9.98. The van der Waals surface area contributed by atoms with Crippen molar-refractivity contribution in [3.05, 3.63) is 42.4 Å². The first kappa shape index (κ1) is 20.4. The van der Waals surface area contributed by atoms with E-state index in [0.29, 0.717) is 12.6 Å². The standard InChI is InChI=1S/C22H31N7O/c1-23-21(28-12-14-29(15-13-28)22-25-9-5-10-26-22)27-17-18-8-11-24-20(16-18)30-19-6-3-2-4-7-19/h5,8-11,16,19H,2-4,6-7,12-15,17H2,1H3,(H,23,27). The van der Waals surface area contributed by atoms with Crippen LogP contribution < -0.4 is 15.0 Å². The van der Waals surface area contributed by atoms with Gasteiger partial charge in [0.15, 0.2) is 5.96 Å². The molecule has 1 aliphatic heterocycles. The maximum atomic E-state index is 6.10. The van der Waals surface area contributed by atoms with E-state index in [-0.39, 0.29) is 0 Å². The van der Waals surface area contributed by atoms with Gasteiger partial charge in [0, 0.05) is 64.4 Å². The summed E-state index contributed by atoms with van der Waals surface area (Å²) in [6.07, 6.45) is 11.8. The normalized spacial score (nSPS) is 18.4. The highest BCUT2D eigenvalue weighted by atomic mass is 16.5. The number of aromatic nitrogens is 3. The molecule has 2 aromatic rings. The van der Waals surface area contributed by atoms with E-state index in [1.54, 1.807) is 12.4 Å². The lowest BCUT2D eigenvalue weighted by Gasteiger charge is -2.36. The van der Waals surface area contributed by atoms with Gasteiger partial charge in [0.25, 0.3) is 0 Å². The third-order valence-corrected chi connectivity index (χ3v) is 5.72. The Morgan fingerprint density at radius 2 is 1.83 bits per heavy atom. The van der Waals surface area contributed by atoms with E-state index in [1.165, 1.54) is 19.3 Å². The minimum absolute atomic E-state index is 0.312. The Balaban J connectivity index is 1.28. The average molecular weight is 410 g/mol. The summed E-state index contributed by atoms with van der Waals surface area (Å²) in [5.74, 6) is 2.44. The number of nitrogens with zero attached hydrogens (tertiary/aromatic N) is 6. The molecule has 1 aliphatic carbocycles. The summed E-state index contributed by atoms with van der Waals surface area (Å²) in [6.45, 7) is 4.20. The van der Waals surface area contributed by atoms with Crippen LogP contribution in [0.2, 0.25) is 0 Å². The predicted molar refractivity (Wildman–Crippen MR) is 118 cm³/mol. The van der Waals surface area contributed by atoms with Crippen LogP contribution in [-0.2, 0) is 6.54 Å². The van der Waals surface area contributed by atoms with Gasteiger partial charge >= 0.3 is 0 Å². The number of anilines is 1. The molecule has 0 spiro atoms. The lowest BCUT2D eigenvalue weighted by molar-refractivity contribution is 0.148. The SMILES string of the molecule is CN=C(NCc1ccnc(OC2CCCCC2)c1)N1CCN(c2ncccn2)CC1. The molecule has 1 N–H and O–H groups in total. The summed E-state index contributed by atoms with van der Waals surface area (Å²) < 4.78 is 6.10. The minimum atomic E-state index is 0.312. The van der Waals surface area contributed by atoms with Crippen molar-refractivity contribution in [2.24, 2.45) is 4.99 Å². The molecule has 2 aliphatic rings. The summed E-state index contributed by atoms with van der Waals surface area (Å²) in [5, 5.41) is 3.48. The number of aliphatic imine (C=N–C) groups is 1. The Morgan fingerprint density at radius 1 is 1.07 bits per heavy atom. The second-order valence-electron chi connectivity index (χ2n) is 7.80. The van der Waals surface area contributed by atoms with E-state index in [2.05, 4.69) is 35.1 Å². The van der Waals surface area contributed by atoms with Gasteiger partial charge in [0.1, 0.15) is 6.10 Å². The zero-order valence-corrected chi connectivity index (χ0v) is 17.7. The molecule has 0 unspecified atom stereocenters. The topological polar surface area (TPSA) is 78.8 Å². The maximum absolute atomic E-state index is 6.10. The number of rotatable bonds is 5. The molecule has 0 radical (unpaired) electrons. The summed E-state index contributed by atoms with van der Waals surface area (Å²) >= 11 is 0. The van der Waals surface area contributed by atoms with Crippen molar-refractivity contribution >= 4 is 11.9 Å². The summed E-state index contributed by atoms with van der Waals surface area (Å²) in [5.41, 5.74) is 1.15. The van der Waals surface area contributed by atoms with Gasteiger partial charge in [-0.2, -0.15) is 0 Å². The van der Waals surface area contributed by atoms with Crippen molar-refractivity contribution in [2.45, 2.75) is 44.8 Å². The fourth-order valence-electron chi connectivity index (χ4n) is 4.06. The second kappa shape index (κ2) is 10.2. The van der Waals surface area contributed by atoms with E-state index in [9.17, 15) is 0 Å². The van der Waals surface area contributed by atoms with E-state index in [4.69, 9.17) is 4.74 Å². The van der Waals surface area contributed by atoms with Gasteiger partial charge in [-0.25, -0.2) is 15.0 Å². The highest BCUT2D eigenvalue weighted by molar-refractivity contribution is 5.80. The van der Waals surface area contributed by atoms with Crippen LogP contribution in [0.1, 0.15) is 37.7 Å². The smallest absolute Gasteiger partial charge is 0.225 e. The van der Waals surface area contributed by atoms with E-state index in [0.717, 1.165) is 62.4 Å². The van der Waals surface area contributed by atoms with Crippen LogP contribution in [0.3, 0.4) is 0 Å². The molecule has 0 bridgehead atoms. The van der Waals surface area contributed by atoms with Crippen LogP contribution in [0, 0.1) is 0 Å². The van der Waals surface area contributed by atoms with Crippen LogP contribution in [-0.4, -0.2) is 65.1 Å². The highest BCUT2D eigenvalue weighted by Gasteiger charge is 2.21. The molecule has 8 heteroatoms. The maximum Gasteiger partial charge on any atom is 0.225 e. The molecule has 2 aromatic heterocycles. The Bertz CT molecular complexity index is 815. The molecule has 160 valence electrons. The highest BCUT2D eigenvalue weighted by Crippen LogP contribution is 2.22. The molecular formula is C22H31N7O.